The topological polar surface area (TPSA) is 70.5 Å². The maximum Gasteiger partial charge on any atom is 0.127 e. The summed E-state index contributed by atoms with van der Waals surface area (Å²) in [5, 5.41) is 0. The van der Waals surface area contributed by atoms with Crippen molar-refractivity contribution in [2.45, 2.75) is 48.3 Å². The molecule has 0 saturated heterocycles. The lowest BCUT2D eigenvalue weighted by Crippen LogP contribution is -2.18. The quantitative estimate of drug-likeness (QED) is 0.146. The third kappa shape index (κ3) is 7.48. The first-order chi connectivity index (χ1) is 22.6. The van der Waals surface area contributed by atoms with Gasteiger partial charge >= 0.3 is 0 Å². The molecular weight excluding hydrogens is 597 g/mol. The van der Waals surface area contributed by atoms with E-state index >= 15 is 0 Å². The van der Waals surface area contributed by atoms with E-state index in [0.717, 1.165) is 44.2 Å². The third-order valence-corrected chi connectivity index (χ3v) is 9.74. The summed E-state index contributed by atoms with van der Waals surface area (Å²) in [7, 11) is 0. The highest BCUT2D eigenvalue weighted by Gasteiger charge is 2.24. The van der Waals surface area contributed by atoms with Gasteiger partial charge in [-0.25, -0.2) is 0 Å². The Morgan fingerprint density at radius 3 is 1.04 bits per heavy atom. The zero-order valence-electron chi connectivity index (χ0n) is 27.2. The van der Waals surface area contributed by atoms with Gasteiger partial charge in [0.25, 0.3) is 0 Å². The van der Waals surface area contributed by atoms with Crippen LogP contribution in [0, 0.1) is 0 Å². The molecule has 236 valence electrons. The minimum absolute atomic E-state index is 0.168. The van der Waals surface area contributed by atoms with Crippen molar-refractivity contribution in [3.05, 3.63) is 168 Å². The average molecular weight is 637 g/mol. The molecule has 0 spiro atoms. The van der Waals surface area contributed by atoms with Crippen LogP contribution in [-0.4, -0.2) is 0 Å². The van der Waals surface area contributed by atoms with Crippen molar-refractivity contribution in [3.63, 3.8) is 0 Å². The van der Waals surface area contributed by atoms with Crippen LogP contribution in [0.25, 0.3) is 0 Å². The summed E-state index contributed by atoms with van der Waals surface area (Å²) in [5.74, 6) is 3.19. The molecule has 6 aromatic carbocycles. The van der Waals surface area contributed by atoms with E-state index in [9.17, 15) is 0 Å². The van der Waals surface area contributed by atoms with Crippen molar-refractivity contribution in [2.75, 3.05) is 11.5 Å². The van der Waals surface area contributed by atoms with Gasteiger partial charge in [0.15, 0.2) is 0 Å². The molecule has 0 atom stereocenters. The van der Waals surface area contributed by atoms with Crippen LogP contribution in [0.1, 0.15) is 49.9 Å². The first kappa shape index (κ1) is 31.8. The molecule has 6 rings (SSSR count). The molecule has 0 aromatic heterocycles. The second-order valence-corrected chi connectivity index (χ2v) is 13.9. The van der Waals surface area contributed by atoms with Gasteiger partial charge in [0.1, 0.15) is 23.0 Å². The fourth-order valence-electron chi connectivity index (χ4n) is 5.63. The van der Waals surface area contributed by atoms with Gasteiger partial charge in [0.05, 0.1) is 0 Å². The number of hydrogen-bond acceptors (Lipinski definition) is 5. The van der Waals surface area contributed by atoms with E-state index in [-0.39, 0.29) is 10.8 Å². The fourth-order valence-corrected chi connectivity index (χ4v) is 6.44. The van der Waals surface area contributed by atoms with Gasteiger partial charge in [-0.15, -0.1) is 0 Å². The molecule has 0 aliphatic rings. The molecule has 0 amide bonds. The van der Waals surface area contributed by atoms with Crippen molar-refractivity contribution in [3.8, 4) is 23.0 Å². The van der Waals surface area contributed by atoms with Crippen molar-refractivity contribution in [1.29, 1.82) is 0 Å². The van der Waals surface area contributed by atoms with Crippen LogP contribution in [0.5, 0.6) is 23.0 Å². The van der Waals surface area contributed by atoms with Crippen LogP contribution in [-0.2, 0) is 10.8 Å². The molecule has 5 heteroatoms. The second-order valence-electron chi connectivity index (χ2n) is 12.8. The van der Waals surface area contributed by atoms with Crippen LogP contribution in [0.2, 0.25) is 0 Å². The zero-order chi connectivity index (χ0) is 33.0. The van der Waals surface area contributed by atoms with Crippen molar-refractivity contribution >= 4 is 23.1 Å². The van der Waals surface area contributed by atoms with Crippen LogP contribution in [0.4, 0.5) is 11.4 Å². The molecule has 6 aromatic rings. The Bertz CT molecular complexity index is 1800. The molecule has 0 heterocycles. The largest absolute Gasteiger partial charge is 0.457 e. The van der Waals surface area contributed by atoms with Gasteiger partial charge in [0, 0.05) is 32.0 Å². The first-order valence-electron chi connectivity index (χ1n) is 15.7. The number of nitrogens with two attached hydrogens (primary N) is 2. The second kappa shape index (κ2) is 13.3. The van der Waals surface area contributed by atoms with Gasteiger partial charge in [-0.2, -0.15) is 0 Å². The molecule has 0 unspecified atom stereocenters. The highest BCUT2D eigenvalue weighted by Crippen LogP contribution is 2.37. The summed E-state index contributed by atoms with van der Waals surface area (Å²) in [6.07, 6.45) is 0. The molecule has 0 saturated carbocycles. The lowest BCUT2D eigenvalue weighted by molar-refractivity contribution is 0.481. The molecule has 0 aliphatic carbocycles. The molecule has 0 aliphatic heterocycles. The Balaban J connectivity index is 1.03. The number of hydrogen-bond donors (Lipinski definition) is 2. The molecule has 0 fully saturated rings. The Kier molecular flexibility index (Phi) is 9.01. The maximum atomic E-state index is 6.15. The number of benzene rings is 6. The van der Waals surface area contributed by atoms with Gasteiger partial charge in [-0.1, -0.05) is 88.0 Å². The number of ether oxygens (including phenoxy) is 2. The summed E-state index contributed by atoms with van der Waals surface area (Å²) < 4.78 is 12.3. The summed E-state index contributed by atoms with van der Waals surface area (Å²) in [6, 6.07) is 49.0. The number of rotatable bonds is 10. The highest BCUT2D eigenvalue weighted by atomic mass is 32.2. The van der Waals surface area contributed by atoms with Crippen molar-refractivity contribution in [1.82, 2.24) is 0 Å². The number of anilines is 2. The van der Waals surface area contributed by atoms with E-state index in [4.69, 9.17) is 20.9 Å². The van der Waals surface area contributed by atoms with E-state index in [2.05, 4.69) is 88.4 Å². The predicted octanol–water partition coefficient (Wildman–Crippen LogP) is 11.2. The van der Waals surface area contributed by atoms with Gasteiger partial charge in [0.2, 0.25) is 0 Å². The SMILES string of the molecule is CC(C)(c1ccc(Oc2ccc(Sc3ccc(Oc4ccc(C(C)(C)c5cccc(N)c5)cc4)cc3)cc2)cc1)c1cccc(N)c1. The van der Waals surface area contributed by atoms with Crippen LogP contribution in [0.15, 0.2) is 155 Å². The summed E-state index contributed by atoms with van der Waals surface area (Å²) in [4.78, 5) is 2.26. The summed E-state index contributed by atoms with van der Waals surface area (Å²) in [6.45, 7) is 8.83. The molecule has 47 heavy (non-hydrogen) atoms. The molecule has 4 N–H and O–H groups in total. The Morgan fingerprint density at radius 1 is 0.404 bits per heavy atom. The smallest absolute Gasteiger partial charge is 0.127 e. The lowest BCUT2D eigenvalue weighted by Gasteiger charge is -2.26. The van der Waals surface area contributed by atoms with Crippen LogP contribution < -0.4 is 20.9 Å². The average Bonchev–Trinajstić information content (AvgIpc) is 3.07. The highest BCUT2D eigenvalue weighted by molar-refractivity contribution is 7.99. The minimum atomic E-state index is -0.168. The molecular formula is C42H40N2O2S. The molecule has 0 radical (unpaired) electrons. The van der Waals surface area contributed by atoms with Gasteiger partial charge in [-0.3, -0.25) is 0 Å². The maximum absolute atomic E-state index is 6.15. The normalized spacial score (nSPS) is 11.7. The monoisotopic (exact) mass is 636 g/mol. The van der Waals surface area contributed by atoms with E-state index < -0.39 is 0 Å². The lowest BCUT2D eigenvalue weighted by atomic mass is 9.78. The van der Waals surface area contributed by atoms with E-state index in [0.29, 0.717) is 0 Å². The van der Waals surface area contributed by atoms with E-state index in [1.54, 1.807) is 11.8 Å². The standard InChI is InChI=1S/C42H40N2O2S/c1-41(2,31-7-5-9-33(43)27-31)29-11-15-35(16-12-29)45-37-19-23-39(24-20-37)47-40-25-21-38(22-26-40)46-36-17-13-30(14-18-36)42(3,4)32-8-6-10-34(44)28-32/h5-28H,43-44H2,1-4H3. The Morgan fingerprint density at radius 2 is 0.723 bits per heavy atom. The number of nitrogen functional groups attached to an aromatic ring is 2. The fraction of sp³-hybridized carbons (Fsp3) is 0.143. The van der Waals surface area contributed by atoms with Crippen LogP contribution in [0.3, 0.4) is 0 Å². The van der Waals surface area contributed by atoms with Gasteiger partial charge in [-0.05, 0) is 119 Å². The minimum Gasteiger partial charge on any atom is -0.457 e. The third-order valence-electron chi connectivity index (χ3n) is 8.72. The first-order valence-corrected chi connectivity index (χ1v) is 16.5. The Hall–Kier alpha value is -5.13. The Labute approximate surface area is 282 Å². The summed E-state index contributed by atoms with van der Waals surface area (Å²) >= 11 is 1.70. The van der Waals surface area contributed by atoms with Gasteiger partial charge < -0.3 is 20.9 Å². The molecule has 4 nitrogen and oxygen atoms in total. The van der Waals surface area contributed by atoms with Crippen molar-refractivity contribution < 1.29 is 9.47 Å². The van der Waals surface area contributed by atoms with Crippen molar-refractivity contribution in [2.24, 2.45) is 0 Å². The van der Waals surface area contributed by atoms with E-state index in [1.807, 2.05) is 84.9 Å². The summed E-state index contributed by atoms with van der Waals surface area (Å²) in [5.41, 5.74) is 18.0. The predicted molar refractivity (Wildman–Crippen MR) is 196 cm³/mol. The van der Waals surface area contributed by atoms with E-state index in [1.165, 1.54) is 22.3 Å². The zero-order valence-corrected chi connectivity index (χ0v) is 28.1. The van der Waals surface area contributed by atoms with Crippen LogP contribution >= 0.6 is 11.8 Å². The molecule has 0 bridgehead atoms.